The number of aromatic nitrogens is 5. The molecule has 2 unspecified atom stereocenters. The molecule has 1 aliphatic heterocycles. The number of ether oxygens (including phenoxy) is 1. The molecule has 4 N–H and O–H groups in total. The zero-order chi connectivity index (χ0) is 33.7. The highest BCUT2D eigenvalue weighted by Gasteiger charge is 2.38. The van der Waals surface area contributed by atoms with Crippen molar-refractivity contribution in [3.63, 3.8) is 0 Å². The van der Waals surface area contributed by atoms with Crippen molar-refractivity contribution in [3.05, 3.63) is 105 Å². The number of carbonyl (C=O) groups excluding carboxylic acids is 1. The van der Waals surface area contributed by atoms with E-state index in [1.165, 1.54) is 18.5 Å². The van der Waals surface area contributed by atoms with E-state index < -0.39 is 58.8 Å². The molecule has 5 aromatic rings. The third-order valence-electron chi connectivity index (χ3n) is 7.80. The van der Waals surface area contributed by atoms with Crippen LogP contribution in [0, 0.1) is 17.1 Å². The van der Waals surface area contributed by atoms with Gasteiger partial charge in [-0.15, -0.1) is 0 Å². The summed E-state index contributed by atoms with van der Waals surface area (Å²) in [5.74, 6) is -1.45. The maximum absolute atomic E-state index is 14.5. The third-order valence-corrected chi connectivity index (χ3v) is 7.80. The lowest BCUT2D eigenvalue weighted by molar-refractivity contribution is -0.138. The average molecular weight is 649 g/mol. The molecule has 12 nitrogen and oxygen atoms in total. The minimum Gasteiger partial charge on any atom is -0.490 e. The van der Waals surface area contributed by atoms with Crippen molar-refractivity contribution in [2.45, 2.75) is 30.7 Å². The van der Waals surface area contributed by atoms with Crippen LogP contribution in [0.5, 0.6) is 5.75 Å². The van der Waals surface area contributed by atoms with E-state index in [-0.39, 0.29) is 16.8 Å². The summed E-state index contributed by atoms with van der Waals surface area (Å²) >= 11 is 0. The first-order valence-electron chi connectivity index (χ1n) is 14.0. The summed E-state index contributed by atoms with van der Waals surface area (Å²) in [5, 5.41) is 36.8. The SMILES string of the molecule is Cn1ncnc1C1c2n[nH]c(=O)c3cc(F)cc(c23)N[C@@H]1c1ccc(OCC(C)(O)C(=O)Nc2ccc(C#N)c(C(F)(F)F)c2)cc1. The number of rotatable bonds is 7. The Bertz CT molecular complexity index is 2120. The molecule has 1 aliphatic rings. The topological polar surface area (TPSA) is 171 Å². The number of aryl methyl sites for hydroxylation is 1. The molecule has 0 saturated heterocycles. The maximum atomic E-state index is 14.5. The minimum atomic E-state index is -4.83. The van der Waals surface area contributed by atoms with Gasteiger partial charge < -0.3 is 20.5 Å². The highest BCUT2D eigenvalue weighted by molar-refractivity contribution is 5.98. The van der Waals surface area contributed by atoms with Crippen LogP contribution in [0.1, 0.15) is 47.1 Å². The molecule has 2 aromatic heterocycles. The molecule has 3 atom stereocenters. The summed E-state index contributed by atoms with van der Waals surface area (Å²) in [5.41, 5.74) is -3.30. The van der Waals surface area contributed by atoms with Gasteiger partial charge in [0.1, 0.15) is 30.3 Å². The number of nitrogens with zero attached hydrogens (tertiary/aromatic N) is 5. The molecule has 0 spiro atoms. The molecule has 0 radical (unpaired) electrons. The van der Waals surface area contributed by atoms with Crippen molar-refractivity contribution >= 4 is 28.1 Å². The summed E-state index contributed by atoms with van der Waals surface area (Å²) in [6.07, 6.45) is -3.45. The fourth-order valence-corrected chi connectivity index (χ4v) is 5.45. The van der Waals surface area contributed by atoms with E-state index in [4.69, 9.17) is 10.00 Å². The summed E-state index contributed by atoms with van der Waals surface area (Å²) < 4.78 is 61.7. The number of aromatic amines is 1. The molecule has 3 heterocycles. The maximum Gasteiger partial charge on any atom is 0.417 e. The number of benzene rings is 3. The Hall–Kier alpha value is -5.82. The lowest BCUT2D eigenvalue weighted by Crippen LogP contribution is -2.45. The molecule has 6 rings (SSSR count). The number of anilines is 2. The quantitative estimate of drug-likeness (QED) is 0.189. The van der Waals surface area contributed by atoms with Gasteiger partial charge in [-0.2, -0.15) is 28.6 Å². The van der Waals surface area contributed by atoms with Gasteiger partial charge in [-0.1, -0.05) is 12.1 Å². The van der Waals surface area contributed by atoms with Gasteiger partial charge in [-0.25, -0.2) is 14.5 Å². The smallest absolute Gasteiger partial charge is 0.417 e. The molecular formula is C31H24F4N8O4. The van der Waals surface area contributed by atoms with Crippen LogP contribution in [0.15, 0.2) is 65.7 Å². The van der Waals surface area contributed by atoms with Crippen molar-refractivity contribution in [2.24, 2.45) is 7.05 Å². The third kappa shape index (κ3) is 5.84. The number of aliphatic hydroxyl groups is 1. The van der Waals surface area contributed by atoms with E-state index in [1.807, 2.05) is 0 Å². The largest absolute Gasteiger partial charge is 0.490 e. The standard InChI is InChI=1S/C31H24F4N8O4/c1-30(46,29(45)39-18-6-3-16(12-36)21(11-18)31(33,34)35)13-47-19-7-4-15(5-8-19)25-24(27-37-14-38-43(27)2)26-23-20(28(44)42-41-26)9-17(32)10-22(23)40-25/h3-11,14,24-25,40,46H,13H2,1-2H3,(H,39,45)(H,42,44)/t24?,25-,30?/m1/s1. The zero-order valence-corrected chi connectivity index (χ0v) is 24.6. The number of carbonyl (C=O) groups is 1. The summed E-state index contributed by atoms with van der Waals surface area (Å²) in [6.45, 7) is 0.576. The van der Waals surface area contributed by atoms with E-state index in [9.17, 15) is 32.3 Å². The van der Waals surface area contributed by atoms with Crippen molar-refractivity contribution in [2.75, 3.05) is 17.2 Å². The molecule has 240 valence electrons. The second-order valence-electron chi connectivity index (χ2n) is 11.1. The van der Waals surface area contributed by atoms with Crippen molar-refractivity contribution in [1.82, 2.24) is 25.0 Å². The van der Waals surface area contributed by atoms with E-state index in [0.717, 1.165) is 25.1 Å². The predicted octanol–water partition coefficient (Wildman–Crippen LogP) is 4.15. The summed E-state index contributed by atoms with van der Waals surface area (Å²) in [7, 11) is 1.71. The molecule has 0 aliphatic carbocycles. The van der Waals surface area contributed by atoms with Crippen molar-refractivity contribution in [1.29, 1.82) is 5.26 Å². The molecular weight excluding hydrogens is 624 g/mol. The normalized spacial score (nSPS) is 17.0. The van der Waals surface area contributed by atoms with Crippen LogP contribution >= 0.6 is 0 Å². The van der Waals surface area contributed by atoms with Crippen molar-refractivity contribution in [3.8, 4) is 11.8 Å². The number of nitrogens with one attached hydrogen (secondary N) is 3. The van der Waals surface area contributed by atoms with E-state index in [0.29, 0.717) is 34.2 Å². The number of hydrogen-bond acceptors (Lipinski definition) is 9. The monoisotopic (exact) mass is 648 g/mol. The molecule has 0 saturated carbocycles. The van der Waals surface area contributed by atoms with E-state index >= 15 is 0 Å². The molecule has 0 fully saturated rings. The Kier molecular flexibility index (Phi) is 7.64. The second kappa shape index (κ2) is 11.5. The first-order chi connectivity index (χ1) is 22.3. The minimum absolute atomic E-state index is 0.128. The highest BCUT2D eigenvalue weighted by Crippen LogP contribution is 2.46. The Labute approximate surface area is 262 Å². The number of alkyl halides is 3. The fraction of sp³-hybridized carbons (Fsp3) is 0.226. The van der Waals surface area contributed by atoms with Crippen LogP contribution in [0.25, 0.3) is 10.8 Å². The Morgan fingerprint density at radius 3 is 2.57 bits per heavy atom. The van der Waals surface area contributed by atoms with Crippen LogP contribution < -0.4 is 20.9 Å². The number of hydrogen-bond donors (Lipinski definition) is 4. The van der Waals surface area contributed by atoms with Crippen LogP contribution in [0.2, 0.25) is 0 Å². The second-order valence-corrected chi connectivity index (χ2v) is 11.1. The number of H-pyrrole nitrogens is 1. The van der Waals surface area contributed by atoms with Crippen LogP contribution in [-0.4, -0.2) is 48.2 Å². The Balaban J connectivity index is 1.22. The van der Waals surface area contributed by atoms with Gasteiger partial charge in [0.15, 0.2) is 5.60 Å². The summed E-state index contributed by atoms with van der Waals surface area (Å²) in [4.78, 5) is 29.7. The van der Waals surface area contributed by atoms with Gasteiger partial charge in [-0.3, -0.25) is 14.3 Å². The van der Waals surface area contributed by atoms with Crippen LogP contribution in [0.3, 0.4) is 0 Å². The van der Waals surface area contributed by atoms with E-state index in [1.54, 1.807) is 36.0 Å². The van der Waals surface area contributed by atoms with E-state index in [2.05, 4.69) is 30.9 Å². The van der Waals surface area contributed by atoms with Gasteiger partial charge in [0.25, 0.3) is 11.5 Å². The molecule has 0 bridgehead atoms. The fourth-order valence-electron chi connectivity index (χ4n) is 5.45. The first-order valence-corrected chi connectivity index (χ1v) is 14.0. The molecule has 47 heavy (non-hydrogen) atoms. The first kappa shape index (κ1) is 31.2. The van der Waals surface area contributed by atoms with Gasteiger partial charge in [0, 0.05) is 23.8 Å². The Morgan fingerprint density at radius 2 is 1.91 bits per heavy atom. The highest BCUT2D eigenvalue weighted by atomic mass is 19.4. The van der Waals surface area contributed by atoms with Crippen LogP contribution in [0.4, 0.5) is 28.9 Å². The van der Waals surface area contributed by atoms with Gasteiger partial charge in [0.2, 0.25) is 0 Å². The number of nitriles is 1. The lowest BCUT2D eigenvalue weighted by Gasteiger charge is -2.33. The van der Waals surface area contributed by atoms with Crippen LogP contribution in [-0.2, 0) is 18.0 Å². The molecule has 1 amide bonds. The zero-order valence-electron chi connectivity index (χ0n) is 24.6. The number of halogens is 4. The molecule has 16 heteroatoms. The average Bonchev–Trinajstić information content (AvgIpc) is 3.46. The van der Waals surface area contributed by atoms with Crippen molar-refractivity contribution < 1.29 is 32.2 Å². The van der Waals surface area contributed by atoms with Gasteiger partial charge in [0.05, 0.1) is 40.2 Å². The number of amides is 1. The summed E-state index contributed by atoms with van der Waals surface area (Å²) in [6, 6.07) is 12.5. The van der Waals surface area contributed by atoms with Gasteiger partial charge in [-0.05, 0) is 55.0 Å². The molecule has 3 aromatic carbocycles. The Morgan fingerprint density at radius 1 is 1.17 bits per heavy atom. The van der Waals surface area contributed by atoms with Gasteiger partial charge >= 0.3 is 6.18 Å². The predicted molar refractivity (Wildman–Crippen MR) is 159 cm³/mol. The lowest BCUT2D eigenvalue weighted by atomic mass is 9.83.